The molecule has 1 aromatic heterocycles. The standard InChI is InChI=1S/C20H24N4OS.C9H20O.C4H10.C2H6.CH4/c1-13(25)21-14-6-9-16(10-7-14)26-23-15-8-11-18-17(12-15)22-19(24(18)5)20(2,3)4;1-3-5-7-9-10-8-6-4-2;1-3-4-2;1-2;/h6-12,23H,1-5H3,(H,21,25);3-9H2,1-2H3;3-4H2,1-2H3;1-2H3;1H4. The normalized spacial score (nSPS) is 10.2. The number of rotatable bonds is 12. The van der Waals surface area contributed by atoms with Crippen LogP contribution in [0.15, 0.2) is 47.4 Å². The van der Waals surface area contributed by atoms with Crippen LogP contribution in [0, 0.1) is 0 Å². The fourth-order valence-corrected chi connectivity index (χ4v) is 4.30. The third-order valence-electron chi connectivity index (χ3n) is 6.05. The summed E-state index contributed by atoms with van der Waals surface area (Å²) in [4.78, 5) is 16.9. The van der Waals surface area contributed by atoms with Crippen LogP contribution < -0.4 is 10.0 Å². The van der Waals surface area contributed by atoms with Crippen LogP contribution in [0.2, 0.25) is 0 Å². The van der Waals surface area contributed by atoms with E-state index in [1.807, 2.05) is 38.1 Å². The molecule has 0 saturated carbocycles. The molecular formula is C36H64N4O2S. The summed E-state index contributed by atoms with van der Waals surface area (Å²) < 4.78 is 10.9. The molecule has 3 aromatic rings. The van der Waals surface area contributed by atoms with E-state index in [0.29, 0.717) is 0 Å². The Morgan fingerprint density at radius 1 is 0.860 bits per heavy atom. The summed E-state index contributed by atoms with van der Waals surface area (Å²) in [5, 5.41) is 2.77. The summed E-state index contributed by atoms with van der Waals surface area (Å²) in [6.07, 6.45) is 8.93. The molecule has 0 saturated heterocycles. The van der Waals surface area contributed by atoms with Crippen molar-refractivity contribution < 1.29 is 9.53 Å². The molecule has 6 nitrogen and oxygen atoms in total. The highest BCUT2D eigenvalue weighted by atomic mass is 32.2. The molecule has 0 aliphatic rings. The first-order valence-corrected chi connectivity index (χ1v) is 16.7. The van der Waals surface area contributed by atoms with Gasteiger partial charge in [0.2, 0.25) is 5.91 Å². The average molecular weight is 617 g/mol. The maximum absolute atomic E-state index is 11.1. The van der Waals surface area contributed by atoms with E-state index in [1.165, 1.54) is 63.8 Å². The zero-order chi connectivity index (χ0) is 32.0. The van der Waals surface area contributed by atoms with E-state index in [0.717, 1.165) is 46.3 Å². The molecule has 2 N–H and O–H groups in total. The zero-order valence-corrected chi connectivity index (χ0v) is 29.3. The molecule has 0 aliphatic carbocycles. The van der Waals surface area contributed by atoms with Gasteiger partial charge >= 0.3 is 0 Å². The number of carbonyl (C=O) groups excluding carboxylic acids is 1. The SMILES string of the molecule is C.CC.CC(=O)Nc1ccc(SNc2ccc3c(c2)nc(C(C)(C)C)n3C)cc1.CCCC.CCCCCOCCCC. The predicted octanol–water partition coefficient (Wildman–Crippen LogP) is 11.4. The molecule has 43 heavy (non-hydrogen) atoms. The lowest BCUT2D eigenvalue weighted by Crippen LogP contribution is -2.17. The van der Waals surface area contributed by atoms with Gasteiger partial charge in [0.05, 0.1) is 11.0 Å². The number of amides is 1. The van der Waals surface area contributed by atoms with Gasteiger partial charge in [-0.2, -0.15) is 0 Å². The molecule has 3 rings (SSSR count). The van der Waals surface area contributed by atoms with Gasteiger partial charge < -0.3 is 19.3 Å². The second-order valence-corrected chi connectivity index (χ2v) is 11.9. The molecule has 7 heteroatoms. The van der Waals surface area contributed by atoms with Gasteiger partial charge in [-0.1, -0.05) is 102 Å². The first-order valence-electron chi connectivity index (χ1n) is 15.9. The summed E-state index contributed by atoms with van der Waals surface area (Å²) in [6, 6.07) is 14.0. The Kier molecular flexibility index (Phi) is 24.7. The van der Waals surface area contributed by atoms with E-state index >= 15 is 0 Å². The third-order valence-corrected chi connectivity index (χ3v) is 6.89. The lowest BCUT2D eigenvalue weighted by molar-refractivity contribution is -0.114. The number of unbranched alkanes of at least 4 members (excludes halogenated alkanes) is 4. The molecular weight excluding hydrogens is 552 g/mol. The van der Waals surface area contributed by atoms with E-state index < -0.39 is 0 Å². The topological polar surface area (TPSA) is 68.2 Å². The Hall–Kier alpha value is -2.51. The van der Waals surface area contributed by atoms with Crippen molar-refractivity contribution in [1.82, 2.24) is 9.55 Å². The summed E-state index contributed by atoms with van der Waals surface area (Å²) in [6.45, 7) is 22.7. The quantitative estimate of drug-likeness (QED) is 0.156. The van der Waals surface area contributed by atoms with E-state index in [9.17, 15) is 4.79 Å². The maximum atomic E-state index is 11.1. The lowest BCUT2D eigenvalue weighted by atomic mass is 9.96. The number of benzene rings is 2. The Labute approximate surface area is 269 Å². The van der Waals surface area contributed by atoms with Gasteiger partial charge in [-0.15, -0.1) is 0 Å². The third kappa shape index (κ3) is 18.0. The van der Waals surface area contributed by atoms with Crippen molar-refractivity contribution >= 4 is 40.3 Å². The van der Waals surface area contributed by atoms with Crippen molar-refractivity contribution in [2.75, 3.05) is 23.3 Å². The zero-order valence-electron chi connectivity index (χ0n) is 28.5. The summed E-state index contributed by atoms with van der Waals surface area (Å²) in [7, 11) is 2.06. The van der Waals surface area contributed by atoms with Gasteiger partial charge in [0.1, 0.15) is 5.82 Å². The molecule has 1 amide bonds. The number of hydrogen-bond donors (Lipinski definition) is 2. The fraction of sp³-hybridized carbons (Fsp3) is 0.611. The lowest BCUT2D eigenvalue weighted by Gasteiger charge is -2.17. The number of fused-ring (bicyclic) bond motifs is 1. The van der Waals surface area contributed by atoms with Crippen LogP contribution in [-0.2, 0) is 22.0 Å². The van der Waals surface area contributed by atoms with E-state index in [2.05, 4.69) is 88.3 Å². The van der Waals surface area contributed by atoms with Crippen molar-refractivity contribution in [3.8, 4) is 0 Å². The van der Waals surface area contributed by atoms with Crippen molar-refractivity contribution in [2.45, 2.75) is 132 Å². The van der Waals surface area contributed by atoms with Gasteiger partial charge in [0.15, 0.2) is 0 Å². The highest BCUT2D eigenvalue weighted by molar-refractivity contribution is 8.00. The van der Waals surface area contributed by atoms with Crippen LogP contribution >= 0.6 is 11.9 Å². The van der Waals surface area contributed by atoms with E-state index in [1.54, 1.807) is 0 Å². The summed E-state index contributed by atoms with van der Waals surface area (Å²) >= 11 is 1.53. The summed E-state index contributed by atoms with van der Waals surface area (Å²) in [5.74, 6) is 1.01. The number of ether oxygens (including phenoxy) is 1. The van der Waals surface area contributed by atoms with E-state index in [4.69, 9.17) is 9.72 Å². The Balaban J connectivity index is 0. The predicted molar refractivity (Wildman–Crippen MR) is 194 cm³/mol. The maximum Gasteiger partial charge on any atom is 0.221 e. The molecule has 0 fully saturated rings. The van der Waals surface area contributed by atoms with Crippen LogP contribution in [0.25, 0.3) is 11.0 Å². The molecule has 0 aliphatic heterocycles. The molecule has 0 spiro atoms. The molecule has 0 radical (unpaired) electrons. The van der Waals surface area contributed by atoms with Crippen molar-refractivity contribution in [3.05, 3.63) is 48.3 Å². The number of aryl methyl sites for hydroxylation is 1. The first kappa shape index (κ1) is 42.6. The first-order chi connectivity index (χ1) is 20.1. The summed E-state index contributed by atoms with van der Waals surface area (Å²) in [5.41, 5.74) is 3.93. The smallest absolute Gasteiger partial charge is 0.221 e. The number of anilines is 2. The van der Waals surface area contributed by atoms with Crippen molar-refractivity contribution in [3.63, 3.8) is 0 Å². The molecule has 246 valence electrons. The average Bonchev–Trinajstić information content (AvgIpc) is 3.32. The van der Waals surface area contributed by atoms with Crippen LogP contribution in [0.4, 0.5) is 11.4 Å². The second kappa shape index (κ2) is 24.9. The number of imidazole rings is 1. The van der Waals surface area contributed by atoms with Crippen molar-refractivity contribution in [2.24, 2.45) is 7.05 Å². The molecule has 0 atom stereocenters. The molecule has 0 unspecified atom stereocenters. The number of hydrogen-bond acceptors (Lipinski definition) is 5. The molecule has 1 heterocycles. The molecule has 2 aromatic carbocycles. The molecule has 0 bridgehead atoms. The minimum absolute atomic E-state index is 0. The fourth-order valence-electron chi connectivity index (χ4n) is 3.66. The van der Waals surface area contributed by atoms with Crippen LogP contribution in [0.5, 0.6) is 0 Å². The monoisotopic (exact) mass is 616 g/mol. The number of aromatic nitrogens is 2. The van der Waals surface area contributed by atoms with E-state index in [-0.39, 0.29) is 18.7 Å². The number of carbonyl (C=O) groups is 1. The Morgan fingerprint density at radius 2 is 1.42 bits per heavy atom. The van der Waals surface area contributed by atoms with Gasteiger partial charge in [0.25, 0.3) is 0 Å². The van der Waals surface area contributed by atoms with Gasteiger partial charge in [-0.05, 0) is 67.3 Å². The minimum atomic E-state index is -0.0678. The van der Waals surface area contributed by atoms with Crippen LogP contribution in [-0.4, -0.2) is 28.7 Å². The van der Waals surface area contributed by atoms with Gasteiger partial charge in [-0.3, -0.25) is 4.79 Å². The number of nitrogens with one attached hydrogen (secondary N) is 2. The number of nitrogens with zero attached hydrogens (tertiary/aromatic N) is 2. The second-order valence-electron chi connectivity index (χ2n) is 11.0. The van der Waals surface area contributed by atoms with Crippen LogP contribution in [0.1, 0.15) is 127 Å². The van der Waals surface area contributed by atoms with Crippen LogP contribution in [0.3, 0.4) is 0 Å². The highest BCUT2D eigenvalue weighted by Crippen LogP contribution is 2.29. The van der Waals surface area contributed by atoms with Gasteiger partial charge in [-0.25, -0.2) is 4.98 Å². The largest absolute Gasteiger partial charge is 0.381 e. The highest BCUT2D eigenvalue weighted by Gasteiger charge is 2.21. The van der Waals surface area contributed by atoms with Gasteiger partial charge in [0, 0.05) is 48.9 Å². The van der Waals surface area contributed by atoms with Crippen molar-refractivity contribution in [1.29, 1.82) is 0 Å². The minimum Gasteiger partial charge on any atom is -0.381 e. The Morgan fingerprint density at radius 3 is 1.93 bits per heavy atom. The Bertz CT molecular complexity index is 1090.